The molecule has 0 aliphatic rings. The molecule has 0 saturated carbocycles. The standard InChI is InChI=1S/C9H9BO2S2/c1-5-2-9-6(8(13)4-14-9)3-7(5)10(11)12/h2-4,11-13H,1H3. The van der Waals surface area contributed by atoms with Gasteiger partial charge in [-0.1, -0.05) is 6.07 Å². The minimum Gasteiger partial charge on any atom is -0.423 e. The number of aryl methyl sites for hydroxylation is 1. The molecule has 0 aliphatic carbocycles. The molecule has 0 bridgehead atoms. The number of fused-ring (bicyclic) bond motifs is 1. The summed E-state index contributed by atoms with van der Waals surface area (Å²) in [6, 6.07) is 3.74. The lowest BCUT2D eigenvalue weighted by molar-refractivity contribution is 0.425. The molecule has 1 aromatic heterocycles. The molecule has 2 rings (SSSR count). The predicted molar refractivity (Wildman–Crippen MR) is 63.6 cm³/mol. The normalized spacial score (nSPS) is 10.9. The largest absolute Gasteiger partial charge is 0.488 e. The van der Waals surface area contributed by atoms with E-state index in [4.69, 9.17) is 10.0 Å². The number of benzene rings is 1. The molecule has 1 heterocycles. The van der Waals surface area contributed by atoms with Gasteiger partial charge in [-0.3, -0.25) is 0 Å². The molecule has 0 unspecified atom stereocenters. The van der Waals surface area contributed by atoms with Crippen molar-refractivity contribution in [1.82, 2.24) is 0 Å². The Bertz CT molecular complexity index is 479. The zero-order chi connectivity index (χ0) is 10.3. The lowest BCUT2D eigenvalue weighted by atomic mass is 9.77. The second-order valence-corrected chi connectivity index (χ2v) is 4.59. The van der Waals surface area contributed by atoms with Crippen LogP contribution in [0.1, 0.15) is 5.56 Å². The van der Waals surface area contributed by atoms with Crippen molar-refractivity contribution < 1.29 is 10.0 Å². The van der Waals surface area contributed by atoms with E-state index >= 15 is 0 Å². The van der Waals surface area contributed by atoms with Crippen LogP contribution in [0.4, 0.5) is 0 Å². The summed E-state index contributed by atoms with van der Waals surface area (Å²) in [5.41, 5.74) is 1.44. The van der Waals surface area contributed by atoms with Crippen LogP contribution >= 0.6 is 24.0 Å². The van der Waals surface area contributed by atoms with E-state index < -0.39 is 7.12 Å². The number of thiol groups is 1. The van der Waals surface area contributed by atoms with Crippen molar-refractivity contribution >= 4 is 46.6 Å². The third kappa shape index (κ3) is 1.57. The third-order valence-corrected chi connectivity index (χ3v) is 3.71. The fraction of sp³-hybridized carbons (Fsp3) is 0.111. The molecule has 0 spiro atoms. The summed E-state index contributed by atoms with van der Waals surface area (Å²) in [7, 11) is -1.41. The Morgan fingerprint density at radius 3 is 2.71 bits per heavy atom. The molecule has 1 aromatic carbocycles. The van der Waals surface area contributed by atoms with Gasteiger partial charge in [-0.2, -0.15) is 0 Å². The summed E-state index contributed by atoms with van der Waals surface area (Å²) in [6.45, 7) is 1.87. The maximum atomic E-state index is 9.13. The Morgan fingerprint density at radius 1 is 1.36 bits per heavy atom. The van der Waals surface area contributed by atoms with Crippen LogP contribution in [-0.2, 0) is 0 Å². The molecule has 2 N–H and O–H groups in total. The van der Waals surface area contributed by atoms with Crippen LogP contribution in [0.3, 0.4) is 0 Å². The van der Waals surface area contributed by atoms with E-state index in [0.29, 0.717) is 5.46 Å². The van der Waals surface area contributed by atoms with E-state index in [2.05, 4.69) is 12.6 Å². The van der Waals surface area contributed by atoms with E-state index in [1.165, 1.54) is 0 Å². The van der Waals surface area contributed by atoms with Crippen LogP contribution in [0.15, 0.2) is 22.4 Å². The van der Waals surface area contributed by atoms with Gasteiger partial charge in [-0.25, -0.2) is 0 Å². The molecular weight excluding hydrogens is 215 g/mol. The van der Waals surface area contributed by atoms with Gasteiger partial charge in [0.1, 0.15) is 0 Å². The highest BCUT2D eigenvalue weighted by atomic mass is 32.1. The van der Waals surface area contributed by atoms with Gasteiger partial charge >= 0.3 is 7.12 Å². The fourth-order valence-electron chi connectivity index (χ4n) is 1.46. The van der Waals surface area contributed by atoms with Crippen LogP contribution in [0.25, 0.3) is 10.1 Å². The third-order valence-electron chi connectivity index (χ3n) is 2.22. The zero-order valence-electron chi connectivity index (χ0n) is 7.56. The monoisotopic (exact) mass is 224 g/mol. The molecule has 0 saturated heterocycles. The average molecular weight is 224 g/mol. The number of rotatable bonds is 1. The molecule has 0 atom stereocenters. The first-order valence-corrected chi connectivity index (χ1v) is 5.49. The zero-order valence-corrected chi connectivity index (χ0v) is 9.27. The smallest absolute Gasteiger partial charge is 0.423 e. The number of hydrogen-bond acceptors (Lipinski definition) is 4. The minimum absolute atomic E-state index is 0.547. The van der Waals surface area contributed by atoms with E-state index in [9.17, 15) is 0 Å². The summed E-state index contributed by atoms with van der Waals surface area (Å²) in [5, 5.41) is 21.2. The Kier molecular flexibility index (Phi) is 2.57. The lowest BCUT2D eigenvalue weighted by Gasteiger charge is -2.04. The second kappa shape index (κ2) is 3.58. The van der Waals surface area contributed by atoms with Gasteiger partial charge in [-0.05, 0) is 24.0 Å². The van der Waals surface area contributed by atoms with Gasteiger partial charge in [0.25, 0.3) is 0 Å². The van der Waals surface area contributed by atoms with E-state index in [-0.39, 0.29) is 0 Å². The first-order chi connectivity index (χ1) is 6.59. The summed E-state index contributed by atoms with van der Waals surface area (Å²) in [6.07, 6.45) is 0. The van der Waals surface area contributed by atoms with Gasteiger partial charge in [0, 0.05) is 20.4 Å². The van der Waals surface area contributed by atoms with Gasteiger partial charge < -0.3 is 10.0 Å². The molecule has 2 nitrogen and oxygen atoms in total. The number of thiophene rings is 1. The molecule has 2 aromatic rings. The molecule has 72 valence electrons. The Hall–Kier alpha value is -0.485. The highest BCUT2D eigenvalue weighted by Gasteiger charge is 2.15. The Morgan fingerprint density at radius 2 is 2.07 bits per heavy atom. The molecule has 0 aliphatic heterocycles. The molecule has 0 radical (unpaired) electrons. The van der Waals surface area contributed by atoms with Crippen molar-refractivity contribution in [3.8, 4) is 0 Å². The molecule has 0 fully saturated rings. The highest BCUT2D eigenvalue weighted by molar-refractivity contribution is 7.80. The summed E-state index contributed by atoms with van der Waals surface area (Å²) >= 11 is 5.91. The summed E-state index contributed by atoms with van der Waals surface area (Å²) < 4.78 is 1.12. The summed E-state index contributed by atoms with van der Waals surface area (Å²) in [4.78, 5) is 0.881. The maximum Gasteiger partial charge on any atom is 0.488 e. The van der Waals surface area contributed by atoms with Crippen molar-refractivity contribution in [2.75, 3.05) is 0 Å². The second-order valence-electron chi connectivity index (χ2n) is 3.20. The van der Waals surface area contributed by atoms with Gasteiger partial charge in [0.15, 0.2) is 0 Å². The predicted octanol–water partition coefficient (Wildman–Crippen LogP) is 1.18. The van der Waals surface area contributed by atoms with Crippen LogP contribution in [0, 0.1) is 6.92 Å². The van der Waals surface area contributed by atoms with Gasteiger partial charge in [-0.15, -0.1) is 24.0 Å². The van der Waals surface area contributed by atoms with Crippen molar-refractivity contribution in [3.63, 3.8) is 0 Å². The van der Waals surface area contributed by atoms with Crippen molar-refractivity contribution in [2.24, 2.45) is 0 Å². The van der Waals surface area contributed by atoms with Crippen molar-refractivity contribution in [3.05, 3.63) is 23.1 Å². The Balaban J connectivity index is 2.74. The SMILES string of the molecule is Cc1cc2scc(S)c2cc1B(O)O. The Labute approximate surface area is 91.8 Å². The van der Waals surface area contributed by atoms with E-state index in [1.807, 2.05) is 18.4 Å². The molecule has 14 heavy (non-hydrogen) atoms. The van der Waals surface area contributed by atoms with Crippen molar-refractivity contribution in [2.45, 2.75) is 11.8 Å². The first kappa shape index (κ1) is 10.0. The van der Waals surface area contributed by atoms with Crippen LogP contribution < -0.4 is 5.46 Å². The highest BCUT2D eigenvalue weighted by Crippen LogP contribution is 2.28. The molecule has 0 amide bonds. The quantitative estimate of drug-likeness (QED) is 0.502. The fourth-order valence-corrected chi connectivity index (χ4v) is 2.78. The van der Waals surface area contributed by atoms with Crippen molar-refractivity contribution in [1.29, 1.82) is 0 Å². The minimum atomic E-state index is -1.41. The molecule has 5 heteroatoms. The maximum absolute atomic E-state index is 9.13. The molecular formula is C9H9BO2S2. The van der Waals surface area contributed by atoms with E-state index in [0.717, 1.165) is 20.5 Å². The topological polar surface area (TPSA) is 40.5 Å². The lowest BCUT2D eigenvalue weighted by Crippen LogP contribution is -2.31. The first-order valence-electron chi connectivity index (χ1n) is 4.16. The van der Waals surface area contributed by atoms with Gasteiger partial charge in [0.2, 0.25) is 0 Å². The average Bonchev–Trinajstić information content (AvgIpc) is 2.46. The number of hydrogen-bond donors (Lipinski definition) is 3. The van der Waals surface area contributed by atoms with Crippen LogP contribution in [0.5, 0.6) is 0 Å². The summed E-state index contributed by atoms with van der Waals surface area (Å²) in [5.74, 6) is 0. The van der Waals surface area contributed by atoms with Crippen LogP contribution in [0.2, 0.25) is 0 Å². The van der Waals surface area contributed by atoms with Gasteiger partial charge in [0.05, 0.1) is 0 Å². The van der Waals surface area contributed by atoms with Crippen LogP contribution in [-0.4, -0.2) is 17.2 Å². The van der Waals surface area contributed by atoms with E-state index in [1.54, 1.807) is 17.4 Å².